The number of H-pyrrole nitrogens is 1. The summed E-state index contributed by atoms with van der Waals surface area (Å²) >= 11 is 0. The van der Waals surface area contributed by atoms with Crippen molar-refractivity contribution >= 4 is 21.9 Å². The summed E-state index contributed by atoms with van der Waals surface area (Å²) in [7, 11) is 0. The second-order valence-corrected chi connectivity index (χ2v) is 6.69. The second-order valence-electron chi connectivity index (χ2n) is 6.69. The minimum Gasteiger partial charge on any atom is -0.357 e. The number of hydrogen-bond donors (Lipinski definition) is 1. The zero-order valence-electron chi connectivity index (χ0n) is 14.1. The molecule has 0 atom stereocenters. The summed E-state index contributed by atoms with van der Waals surface area (Å²) in [6.45, 7) is 5.12. The van der Waals surface area contributed by atoms with Gasteiger partial charge in [0.1, 0.15) is 0 Å². The van der Waals surface area contributed by atoms with Crippen LogP contribution < -0.4 is 5.01 Å². The van der Waals surface area contributed by atoms with Crippen LogP contribution in [0.2, 0.25) is 0 Å². The minimum atomic E-state index is 0.979. The highest BCUT2D eigenvalue weighted by Gasteiger charge is 2.19. The molecule has 1 saturated heterocycles. The molecule has 1 N–H and O–H groups in total. The van der Waals surface area contributed by atoms with Gasteiger partial charge in [-0.05, 0) is 35.7 Å². The van der Waals surface area contributed by atoms with Gasteiger partial charge in [-0.1, -0.05) is 18.2 Å². The highest BCUT2D eigenvalue weighted by atomic mass is 15.6. The first-order valence-corrected chi connectivity index (χ1v) is 8.83. The predicted molar refractivity (Wildman–Crippen MR) is 101 cm³/mol. The number of rotatable bonds is 3. The highest BCUT2D eigenvalue weighted by molar-refractivity contribution is 5.80. The van der Waals surface area contributed by atoms with Crippen LogP contribution in [0.3, 0.4) is 0 Å². The van der Waals surface area contributed by atoms with Gasteiger partial charge >= 0.3 is 0 Å². The van der Waals surface area contributed by atoms with Crippen molar-refractivity contribution < 1.29 is 0 Å². The van der Waals surface area contributed by atoms with E-state index in [0.717, 1.165) is 38.4 Å². The quantitative estimate of drug-likeness (QED) is 0.627. The Bertz CT molecular complexity index is 974. The molecule has 25 heavy (non-hydrogen) atoms. The van der Waals surface area contributed by atoms with E-state index in [0.29, 0.717) is 0 Å². The van der Waals surface area contributed by atoms with Crippen LogP contribution in [-0.2, 0) is 6.54 Å². The van der Waals surface area contributed by atoms with E-state index in [9.17, 15) is 0 Å². The Balaban J connectivity index is 1.28. The monoisotopic (exact) mass is 331 g/mol. The Kier molecular flexibility index (Phi) is 3.45. The SMILES string of the molecule is c1ccc2[nH]c(CN3CCN(n4ccc5cccnc54)CC3)cc2c1. The Morgan fingerprint density at radius 2 is 1.76 bits per heavy atom. The van der Waals surface area contributed by atoms with Crippen molar-refractivity contribution in [3.8, 4) is 0 Å². The summed E-state index contributed by atoms with van der Waals surface area (Å²) in [5, 5.41) is 4.88. The fraction of sp³-hybridized carbons (Fsp3) is 0.250. The van der Waals surface area contributed by atoms with Gasteiger partial charge in [0.05, 0.1) is 0 Å². The van der Waals surface area contributed by atoms with Gasteiger partial charge in [0.25, 0.3) is 0 Å². The number of aromatic amines is 1. The molecular weight excluding hydrogens is 310 g/mol. The summed E-state index contributed by atoms with van der Waals surface area (Å²) in [4.78, 5) is 10.6. The topological polar surface area (TPSA) is 40.1 Å². The average Bonchev–Trinajstić information content (AvgIpc) is 3.26. The van der Waals surface area contributed by atoms with Crippen LogP contribution in [0.4, 0.5) is 0 Å². The lowest BCUT2D eigenvalue weighted by atomic mass is 10.2. The molecule has 0 spiro atoms. The molecule has 0 amide bonds. The molecule has 0 bridgehead atoms. The number of fused-ring (bicyclic) bond motifs is 2. The van der Waals surface area contributed by atoms with Gasteiger partial charge in [0.2, 0.25) is 0 Å². The minimum absolute atomic E-state index is 0.979. The van der Waals surface area contributed by atoms with E-state index >= 15 is 0 Å². The van der Waals surface area contributed by atoms with Gasteiger partial charge in [-0.2, -0.15) is 0 Å². The van der Waals surface area contributed by atoms with Gasteiger partial charge in [-0.15, -0.1) is 0 Å². The molecule has 1 aliphatic rings. The third-order valence-electron chi connectivity index (χ3n) is 5.06. The molecule has 126 valence electrons. The van der Waals surface area contributed by atoms with Crippen LogP contribution in [0.25, 0.3) is 21.9 Å². The molecule has 1 aromatic carbocycles. The zero-order chi connectivity index (χ0) is 16.6. The lowest BCUT2D eigenvalue weighted by molar-refractivity contribution is 0.231. The molecule has 0 saturated carbocycles. The lowest BCUT2D eigenvalue weighted by Crippen LogP contribution is -2.50. The molecule has 4 aromatic rings. The highest BCUT2D eigenvalue weighted by Crippen LogP contribution is 2.18. The molecular formula is C20H21N5. The largest absolute Gasteiger partial charge is 0.357 e. The van der Waals surface area contributed by atoms with E-state index < -0.39 is 0 Å². The molecule has 5 nitrogen and oxygen atoms in total. The number of pyridine rings is 1. The van der Waals surface area contributed by atoms with Crippen molar-refractivity contribution in [2.24, 2.45) is 0 Å². The van der Waals surface area contributed by atoms with E-state index in [4.69, 9.17) is 0 Å². The summed E-state index contributed by atoms with van der Waals surface area (Å²) in [5.74, 6) is 0. The molecule has 0 unspecified atom stereocenters. The smallest absolute Gasteiger partial charge is 0.158 e. The fourth-order valence-electron chi connectivity index (χ4n) is 3.75. The maximum atomic E-state index is 4.53. The van der Waals surface area contributed by atoms with E-state index in [2.05, 4.69) is 73.2 Å². The Morgan fingerprint density at radius 1 is 0.920 bits per heavy atom. The molecule has 5 heteroatoms. The Labute approximate surface area is 146 Å². The molecule has 1 aliphatic heterocycles. The maximum absolute atomic E-state index is 4.53. The maximum Gasteiger partial charge on any atom is 0.158 e. The molecule has 4 heterocycles. The van der Waals surface area contributed by atoms with E-state index in [1.165, 1.54) is 22.0 Å². The van der Waals surface area contributed by atoms with Crippen LogP contribution in [0, 0.1) is 0 Å². The van der Waals surface area contributed by atoms with Crippen molar-refractivity contribution in [2.75, 3.05) is 31.2 Å². The fourth-order valence-corrected chi connectivity index (χ4v) is 3.75. The Hall–Kier alpha value is -2.79. The molecule has 0 radical (unpaired) electrons. The standard InChI is InChI=1S/C20H21N5/c1-2-6-19-17(4-1)14-18(22-19)15-23-10-12-24(13-11-23)25-9-7-16-5-3-8-21-20(16)25/h1-9,14,22H,10-13,15H2. The van der Waals surface area contributed by atoms with Crippen LogP contribution in [0.1, 0.15) is 5.69 Å². The normalized spacial score (nSPS) is 16.1. The second kappa shape index (κ2) is 5.93. The van der Waals surface area contributed by atoms with Crippen molar-refractivity contribution in [1.29, 1.82) is 0 Å². The average molecular weight is 331 g/mol. The van der Waals surface area contributed by atoms with Crippen molar-refractivity contribution in [3.05, 3.63) is 66.6 Å². The van der Waals surface area contributed by atoms with Gasteiger partial charge in [0.15, 0.2) is 5.65 Å². The number of para-hydroxylation sites is 1. The van der Waals surface area contributed by atoms with Gasteiger partial charge in [0, 0.05) is 61.7 Å². The Morgan fingerprint density at radius 3 is 2.64 bits per heavy atom. The van der Waals surface area contributed by atoms with Crippen molar-refractivity contribution in [1.82, 2.24) is 19.5 Å². The molecule has 1 fully saturated rings. The van der Waals surface area contributed by atoms with Crippen molar-refractivity contribution in [2.45, 2.75) is 6.54 Å². The number of nitrogens with one attached hydrogen (secondary N) is 1. The molecule has 5 rings (SSSR count). The van der Waals surface area contributed by atoms with Gasteiger partial charge < -0.3 is 9.99 Å². The van der Waals surface area contributed by atoms with Crippen LogP contribution >= 0.6 is 0 Å². The van der Waals surface area contributed by atoms with Gasteiger partial charge in [-0.3, -0.25) is 4.90 Å². The van der Waals surface area contributed by atoms with E-state index in [-0.39, 0.29) is 0 Å². The van der Waals surface area contributed by atoms with Gasteiger partial charge in [-0.25, -0.2) is 9.66 Å². The van der Waals surface area contributed by atoms with E-state index in [1.807, 2.05) is 12.3 Å². The molecule has 3 aromatic heterocycles. The summed E-state index contributed by atoms with van der Waals surface area (Å²) < 4.78 is 2.20. The lowest BCUT2D eigenvalue weighted by Gasteiger charge is -2.36. The number of nitrogens with zero attached hydrogens (tertiary/aromatic N) is 4. The molecule has 0 aliphatic carbocycles. The predicted octanol–water partition coefficient (Wildman–Crippen LogP) is 2.97. The first-order chi connectivity index (χ1) is 12.4. The third kappa shape index (κ3) is 2.66. The first-order valence-electron chi connectivity index (χ1n) is 8.83. The van der Waals surface area contributed by atoms with Crippen molar-refractivity contribution in [3.63, 3.8) is 0 Å². The van der Waals surface area contributed by atoms with Crippen LogP contribution in [0.15, 0.2) is 60.9 Å². The van der Waals surface area contributed by atoms with Crippen LogP contribution in [0.5, 0.6) is 0 Å². The van der Waals surface area contributed by atoms with Crippen LogP contribution in [-0.4, -0.2) is 45.7 Å². The number of piperazine rings is 1. The summed E-state index contributed by atoms with van der Waals surface area (Å²) in [5.41, 5.74) is 3.57. The van der Waals surface area contributed by atoms with E-state index in [1.54, 1.807) is 0 Å². The number of hydrogen-bond acceptors (Lipinski definition) is 3. The number of aromatic nitrogens is 3. The number of benzene rings is 1. The summed E-state index contributed by atoms with van der Waals surface area (Å²) in [6.07, 6.45) is 4.00. The zero-order valence-corrected chi connectivity index (χ0v) is 14.1. The first kappa shape index (κ1) is 14.5. The third-order valence-corrected chi connectivity index (χ3v) is 5.06. The summed E-state index contributed by atoms with van der Waals surface area (Å²) in [6, 6.07) is 17.0.